The Morgan fingerprint density at radius 1 is 1.16 bits per heavy atom. The van der Waals surface area contributed by atoms with Crippen LogP contribution in [0.3, 0.4) is 0 Å². The number of aryl methyl sites for hydroxylation is 2. The van der Waals surface area contributed by atoms with Crippen molar-refractivity contribution in [1.29, 1.82) is 0 Å². The molecule has 1 N–H and O–H groups in total. The van der Waals surface area contributed by atoms with Crippen molar-refractivity contribution in [1.82, 2.24) is 24.7 Å². The van der Waals surface area contributed by atoms with Gasteiger partial charge in [0.05, 0.1) is 33.4 Å². The largest absolute Gasteiger partial charge is 0.437 e. The van der Waals surface area contributed by atoms with Gasteiger partial charge >= 0.3 is 0 Å². The first kappa shape index (κ1) is 19.8. The normalized spacial score (nSPS) is 10.9. The molecule has 158 valence electrons. The average molecular weight is 443 g/mol. The van der Waals surface area contributed by atoms with Gasteiger partial charge in [-0.25, -0.2) is 9.97 Å². The summed E-state index contributed by atoms with van der Waals surface area (Å²) >= 11 is 1.57. The Morgan fingerprint density at radius 3 is 2.84 bits per heavy atom. The molecule has 1 aromatic carbocycles. The molecule has 0 spiro atoms. The molecule has 1 amide bonds. The van der Waals surface area contributed by atoms with Crippen molar-refractivity contribution in [2.24, 2.45) is 7.05 Å². The number of pyridine rings is 1. The van der Waals surface area contributed by atoms with Gasteiger partial charge in [0.2, 0.25) is 5.88 Å². The number of aromatic nitrogens is 5. The van der Waals surface area contributed by atoms with Gasteiger partial charge in [-0.15, -0.1) is 11.3 Å². The van der Waals surface area contributed by atoms with E-state index >= 15 is 0 Å². The topological polar surface area (TPSA) is 94.8 Å². The van der Waals surface area contributed by atoms with Crippen LogP contribution in [0.1, 0.15) is 16.1 Å². The third kappa shape index (κ3) is 3.81. The number of benzene rings is 1. The molecule has 5 rings (SSSR count). The molecule has 0 atom stereocenters. The van der Waals surface area contributed by atoms with Crippen molar-refractivity contribution < 1.29 is 9.53 Å². The predicted octanol–water partition coefficient (Wildman–Crippen LogP) is 4.84. The van der Waals surface area contributed by atoms with E-state index in [4.69, 9.17) is 9.72 Å². The molecule has 0 bridgehead atoms. The molecule has 0 radical (unpaired) electrons. The Hall–Kier alpha value is -4.11. The van der Waals surface area contributed by atoms with Crippen LogP contribution in [-0.4, -0.2) is 30.6 Å². The molecule has 0 aliphatic heterocycles. The van der Waals surface area contributed by atoms with Gasteiger partial charge in [-0.05, 0) is 36.6 Å². The fourth-order valence-corrected chi connectivity index (χ4v) is 4.16. The number of ether oxygens (including phenoxy) is 1. The molecule has 0 saturated heterocycles. The zero-order chi connectivity index (χ0) is 22.1. The Bertz CT molecular complexity index is 1410. The van der Waals surface area contributed by atoms with E-state index in [0.29, 0.717) is 28.5 Å². The number of amides is 1. The first-order valence-electron chi connectivity index (χ1n) is 9.82. The summed E-state index contributed by atoms with van der Waals surface area (Å²) in [6, 6.07) is 12.9. The van der Waals surface area contributed by atoms with E-state index in [-0.39, 0.29) is 5.91 Å². The van der Waals surface area contributed by atoms with Crippen LogP contribution in [-0.2, 0) is 7.05 Å². The molecule has 4 aromatic heterocycles. The number of hydrogen-bond donors (Lipinski definition) is 1. The SMILES string of the molecule is Cc1nn(C)c2nc(-c3cccs3)cc(C(=O)Nc3cccc(Oc4cnccn4)c3)c12. The zero-order valence-corrected chi connectivity index (χ0v) is 18.1. The molecule has 0 unspecified atom stereocenters. The smallest absolute Gasteiger partial charge is 0.256 e. The summed E-state index contributed by atoms with van der Waals surface area (Å²) in [5.74, 6) is 0.668. The zero-order valence-electron chi connectivity index (χ0n) is 17.3. The molecule has 4 heterocycles. The summed E-state index contributed by atoms with van der Waals surface area (Å²) < 4.78 is 7.42. The molecule has 0 aliphatic carbocycles. The lowest BCUT2D eigenvalue weighted by molar-refractivity contribution is 0.102. The molecule has 0 saturated carbocycles. The Labute approximate surface area is 187 Å². The number of fused-ring (bicyclic) bond motifs is 1. The number of hydrogen-bond acceptors (Lipinski definition) is 7. The Morgan fingerprint density at radius 2 is 2.06 bits per heavy atom. The summed E-state index contributed by atoms with van der Waals surface area (Å²) in [7, 11) is 1.83. The number of carbonyl (C=O) groups excluding carboxylic acids is 1. The minimum Gasteiger partial charge on any atom is -0.437 e. The molecular formula is C23H18N6O2S. The van der Waals surface area contributed by atoms with E-state index in [9.17, 15) is 4.79 Å². The fraction of sp³-hybridized carbons (Fsp3) is 0.0870. The van der Waals surface area contributed by atoms with Crippen molar-refractivity contribution in [2.45, 2.75) is 6.92 Å². The number of nitrogens with one attached hydrogen (secondary N) is 1. The van der Waals surface area contributed by atoms with Crippen LogP contribution in [0, 0.1) is 6.92 Å². The highest BCUT2D eigenvalue weighted by atomic mass is 32.1. The summed E-state index contributed by atoms with van der Waals surface area (Å²) in [6.45, 7) is 1.88. The third-order valence-corrected chi connectivity index (χ3v) is 5.73. The summed E-state index contributed by atoms with van der Waals surface area (Å²) in [4.78, 5) is 27.2. The maximum Gasteiger partial charge on any atom is 0.256 e. The molecule has 32 heavy (non-hydrogen) atoms. The van der Waals surface area contributed by atoms with E-state index in [1.165, 1.54) is 6.20 Å². The quantitative estimate of drug-likeness (QED) is 0.419. The lowest BCUT2D eigenvalue weighted by atomic mass is 10.1. The minimum absolute atomic E-state index is 0.247. The Balaban J connectivity index is 1.49. The van der Waals surface area contributed by atoms with Gasteiger partial charge in [0.15, 0.2) is 5.65 Å². The molecule has 8 nitrogen and oxygen atoms in total. The number of anilines is 1. The molecular weight excluding hydrogens is 424 g/mol. The van der Waals surface area contributed by atoms with E-state index in [0.717, 1.165) is 21.7 Å². The van der Waals surface area contributed by atoms with Crippen LogP contribution >= 0.6 is 11.3 Å². The first-order chi connectivity index (χ1) is 15.6. The van der Waals surface area contributed by atoms with Gasteiger partial charge in [0, 0.05) is 31.2 Å². The van der Waals surface area contributed by atoms with Crippen molar-refractivity contribution in [3.8, 4) is 22.2 Å². The van der Waals surface area contributed by atoms with Gasteiger partial charge < -0.3 is 10.1 Å². The lowest BCUT2D eigenvalue weighted by Crippen LogP contribution is -2.13. The van der Waals surface area contributed by atoms with E-state index in [1.54, 1.807) is 52.7 Å². The Kier molecular flexibility index (Phi) is 5.08. The highest BCUT2D eigenvalue weighted by Gasteiger charge is 2.20. The number of nitrogens with zero attached hydrogens (tertiary/aromatic N) is 5. The van der Waals surface area contributed by atoms with E-state index in [2.05, 4.69) is 20.4 Å². The van der Waals surface area contributed by atoms with Gasteiger partial charge in [-0.3, -0.25) is 14.5 Å². The maximum atomic E-state index is 13.3. The van der Waals surface area contributed by atoms with Crippen molar-refractivity contribution in [3.05, 3.63) is 77.7 Å². The second kappa shape index (κ2) is 8.20. The minimum atomic E-state index is -0.247. The lowest BCUT2D eigenvalue weighted by Gasteiger charge is -2.10. The molecule has 0 fully saturated rings. The van der Waals surface area contributed by atoms with Crippen molar-refractivity contribution in [2.75, 3.05) is 5.32 Å². The molecule has 5 aromatic rings. The van der Waals surface area contributed by atoms with Gasteiger partial charge in [0.1, 0.15) is 5.75 Å². The monoisotopic (exact) mass is 442 g/mol. The van der Waals surface area contributed by atoms with Crippen molar-refractivity contribution in [3.63, 3.8) is 0 Å². The standard InChI is InChI=1S/C23H18N6O2S/c1-14-21-17(12-18(19-7-4-10-32-19)27-22(21)29(2)28-14)23(30)26-15-5-3-6-16(11-15)31-20-13-24-8-9-25-20/h3-13H,1-2H3,(H,26,30). The van der Waals surface area contributed by atoms with E-state index in [1.807, 2.05) is 37.6 Å². The van der Waals surface area contributed by atoms with Crippen LogP contribution in [0.4, 0.5) is 5.69 Å². The van der Waals surface area contributed by atoms with Crippen LogP contribution in [0.5, 0.6) is 11.6 Å². The maximum absolute atomic E-state index is 13.3. The third-order valence-electron chi connectivity index (χ3n) is 4.84. The van der Waals surface area contributed by atoms with Gasteiger partial charge in [0.25, 0.3) is 5.91 Å². The van der Waals surface area contributed by atoms with Crippen LogP contribution in [0.25, 0.3) is 21.6 Å². The summed E-state index contributed by atoms with van der Waals surface area (Å²) in [5, 5.41) is 10.2. The summed E-state index contributed by atoms with van der Waals surface area (Å²) in [5.41, 5.74) is 3.26. The second-order valence-corrected chi connectivity index (χ2v) is 8.02. The fourth-order valence-electron chi connectivity index (χ4n) is 3.47. The van der Waals surface area contributed by atoms with Crippen LogP contribution in [0.2, 0.25) is 0 Å². The van der Waals surface area contributed by atoms with Crippen LogP contribution in [0.15, 0.2) is 66.4 Å². The average Bonchev–Trinajstić information content (AvgIpc) is 3.43. The van der Waals surface area contributed by atoms with Crippen molar-refractivity contribution >= 4 is 34.0 Å². The van der Waals surface area contributed by atoms with E-state index < -0.39 is 0 Å². The molecule has 0 aliphatic rings. The highest BCUT2D eigenvalue weighted by Crippen LogP contribution is 2.30. The number of rotatable bonds is 5. The molecule has 9 heteroatoms. The van der Waals surface area contributed by atoms with Crippen LogP contribution < -0.4 is 10.1 Å². The summed E-state index contributed by atoms with van der Waals surface area (Å²) in [6.07, 6.45) is 4.65. The predicted molar refractivity (Wildman–Crippen MR) is 123 cm³/mol. The highest BCUT2D eigenvalue weighted by molar-refractivity contribution is 7.13. The van der Waals surface area contributed by atoms with Gasteiger partial charge in [-0.1, -0.05) is 12.1 Å². The number of carbonyl (C=O) groups is 1. The first-order valence-corrected chi connectivity index (χ1v) is 10.7. The number of thiophene rings is 1. The second-order valence-electron chi connectivity index (χ2n) is 7.07. The van der Waals surface area contributed by atoms with Gasteiger partial charge in [-0.2, -0.15) is 5.10 Å².